The average Bonchev–Trinajstić information content (AvgIpc) is 2.89. The fourth-order valence-electron chi connectivity index (χ4n) is 4.46. The third-order valence-corrected chi connectivity index (χ3v) is 6.86. The fourth-order valence-corrected chi connectivity index (χ4v) is 4.46. The molecule has 2 fully saturated rings. The van der Waals surface area contributed by atoms with E-state index in [1.54, 1.807) is 12.1 Å². The average molecular weight is 442 g/mol. The van der Waals surface area contributed by atoms with Crippen LogP contribution in [0.2, 0.25) is 0 Å². The molecule has 1 aromatic carbocycles. The lowest BCUT2D eigenvalue weighted by Gasteiger charge is -2.44. The summed E-state index contributed by atoms with van der Waals surface area (Å²) in [5, 5.41) is 19.7. The number of hydrogen-bond acceptors (Lipinski definition) is 5. The van der Waals surface area contributed by atoms with Crippen LogP contribution < -0.4 is 10.2 Å². The second-order valence-corrected chi connectivity index (χ2v) is 10.8. The summed E-state index contributed by atoms with van der Waals surface area (Å²) in [7, 11) is -0.563. The van der Waals surface area contributed by atoms with Gasteiger partial charge in [-0.25, -0.2) is 4.79 Å². The highest BCUT2D eigenvalue weighted by atomic mass is 16.7. The number of carboxylic acid groups (broad SMARTS) is 1. The van der Waals surface area contributed by atoms with E-state index in [0.29, 0.717) is 11.3 Å². The maximum atomic E-state index is 12.1. The molecular weight excluding hydrogens is 407 g/mol. The topological polar surface area (TPSA) is 92.0 Å². The van der Waals surface area contributed by atoms with Gasteiger partial charge in [-0.2, -0.15) is 5.26 Å². The molecule has 0 spiro atoms. The first-order valence-corrected chi connectivity index (χ1v) is 11.4. The van der Waals surface area contributed by atoms with Crippen LogP contribution in [0.25, 0.3) is 0 Å². The Morgan fingerprint density at radius 3 is 2.31 bits per heavy atom. The second-order valence-electron chi connectivity index (χ2n) is 10.8. The van der Waals surface area contributed by atoms with Crippen molar-refractivity contribution in [2.75, 3.05) is 0 Å². The molecule has 1 N–H and O–H groups in total. The van der Waals surface area contributed by atoms with E-state index >= 15 is 0 Å². The standard InChI is InChI=1S/C24H35BN2O5/c1-22(2,3)27(21(28)29)18-10-8-9-11-20(18)30-19-13-12-17(14-16(19)15-26)25-31-23(4,5)24(6,7)32-25/h12-14,18,20H,8-11H2,1-7H3,(H,28,29)/t18-,20+/m1/s1. The van der Waals surface area contributed by atoms with E-state index in [1.807, 2.05) is 54.5 Å². The van der Waals surface area contributed by atoms with Gasteiger partial charge >= 0.3 is 13.2 Å². The minimum atomic E-state index is -0.949. The molecule has 32 heavy (non-hydrogen) atoms. The summed E-state index contributed by atoms with van der Waals surface area (Å²) in [5.41, 5.74) is -0.341. The van der Waals surface area contributed by atoms with Gasteiger partial charge in [-0.05, 0) is 85.3 Å². The molecule has 8 heteroatoms. The van der Waals surface area contributed by atoms with Crippen LogP contribution in [0.5, 0.6) is 5.75 Å². The fraction of sp³-hybridized carbons (Fsp3) is 0.667. The van der Waals surface area contributed by atoms with Crippen molar-refractivity contribution >= 4 is 18.7 Å². The van der Waals surface area contributed by atoms with Crippen LogP contribution in [0.4, 0.5) is 4.79 Å². The molecule has 1 amide bonds. The summed E-state index contributed by atoms with van der Waals surface area (Å²) >= 11 is 0. The zero-order valence-corrected chi connectivity index (χ0v) is 20.3. The lowest BCUT2D eigenvalue weighted by atomic mass is 9.78. The van der Waals surface area contributed by atoms with E-state index in [9.17, 15) is 15.2 Å². The molecule has 1 heterocycles. The summed E-state index contributed by atoms with van der Waals surface area (Å²) in [5.74, 6) is 0.462. The van der Waals surface area contributed by atoms with E-state index in [2.05, 4.69) is 6.07 Å². The molecule has 3 rings (SSSR count). The van der Waals surface area contributed by atoms with Crippen LogP contribution in [-0.4, -0.2) is 52.1 Å². The summed E-state index contributed by atoms with van der Waals surface area (Å²) < 4.78 is 18.5. The summed E-state index contributed by atoms with van der Waals surface area (Å²) in [6.07, 6.45) is 2.14. The Balaban J connectivity index is 1.85. The third kappa shape index (κ3) is 4.74. The molecule has 2 aliphatic rings. The maximum Gasteiger partial charge on any atom is 0.494 e. The Hall–Kier alpha value is -2.24. The van der Waals surface area contributed by atoms with Gasteiger partial charge in [-0.15, -0.1) is 0 Å². The summed E-state index contributed by atoms with van der Waals surface area (Å²) in [6, 6.07) is 7.32. The van der Waals surface area contributed by atoms with Gasteiger partial charge in [0.15, 0.2) is 0 Å². The Kier molecular flexibility index (Phi) is 6.56. The molecule has 174 valence electrons. The van der Waals surface area contributed by atoms with Gasteiger partial charge in [0.1, 0.15) is 17.9 Å². The molecule has 2 atom stereocenters. The smallest absolute Gasteiger partial charge is 0.487 e. The minimum Gasteiger partial charge on any atom is -0.487 e. The molecule has 1 aliphatic heterocycles. The van der Waals surface area contributed by atoms with Gasteiger partial charge in [0.2, 0.25) is 0 Å². The first-order chi connectivity index (χ1) is 14.8. The number of nitrogens with zero attached hydrogens (tertiary/aromatic N) is 2. The minimum absolute atomic E-state index is 0.268. The van der Waals surface area contributed by atoms with Crippen molar-refractivity contribution in [2.24, 2.45) is 0 Å². The number of ether oxygens (including phenoxy) is 1. The zero-order chi connectivity index (χ0) is 23.9. The number of benzene rings is 1. The highest BCUT2D eigenvalue weighted by Gasteiger charge is 2.51. The molecule has 1 saturated heterocycles. The monoisotopic (exact) mass is 442 g/mol. The van der Waals surface area contributed by atoms with Gasteiger partial charge in [-0.1, -0.05) is 12.5 Å². The predicted molar refractivity (Wildman–Crippen MR) is 123 cm³/mol. The van der Waals surface area contributed by atoms with Crippen molar-refractivity contribution < 1.29 is 23.9 Å². The summed E-state index contributed by atoms with van der Waals surface area (Å²) in [6.45, 7) is 13.6. The largest absolute Gasteiger partial charge is 0.494 e. The number of hydrogen-bond donors (Lipinski definition) is 1. The Bertz CT molecular complexity index is 887. The number of carbonyl (C=O) groups is 1. The normalized spacial score (nSPS) is 24.6. The lowest BCUT2D eigenvalue weighted by molar-refractivity contribution is -0.00158. The van der Waals surface area contributed by atoms with Crippen LogP contribution in [0.3, 0.4) is 0 Å². The molecular formula is C24H35BN2O5. The van der Waals surface area contributed by atoms with Crippen LogP contribution in [-0.2, 0) is 9.31 Å². The molecule has 1 saturated carbocycles. The van der Waals surface area contributed by atoms with Crippen LogP contribution >= 0.6 is 0 Å². The lowest BCUT2D eigenvalue weighted by Crippen LogP contribution is -2.57. The van der Waals surface area contributed by atoms with Crippen LogP contribution in [0.15, 0.2) is 18.2 Å². The SMILES string of the molecule is CC(C)(C)N(C(=O)O)[C@@H]1CCCC[C@@H]1Oc1ccc(B2OC(C)(C)C(C)(C)O2)cc1C#N. The first-order valence-electron chi connectivity index (χ1n) is 11.4. The van der Waals surface area contributed by atoms with Crippen molar-refractivity contribution in [2.45, 2.75) is 103 Å². The highest BCUT2D eigenvalue weighted by Crippen LogP contribution is 2.37. The number of rotatable bonds is 4. The number of nitriles is 1. The van der Waals surface area contributed by atoms with Gasteiger partial charge in [0.25, 0.3) is 0 Å². The van der Waals surface area contributed by atoms with E-state index < -0.39 is 30.0 Å². The Labute approximate surface area is 191 Å². The molecule has 1 aromatic rings. The molecule has 0 aromatic heterocycles. The van der Waals surface area contributed by atoms with E-state index in [4.69, 9.17) is 14.0 Å². The molecule has 0 bridgehead atoms. The van der Waals surface area contributed by atoms with Crippen molar-refractivity contribution in [1.29, 1.82) is 5.26 Å². The molecule has 7 nitrogen and oxygen atoms in total. The van der Waals surface area contributed by atoms with Crippen LogP contribution in [0.1, 0.15) is 79.7 Å². The second kappa shape index (κ2) is 8.60. The van der Waals surface area contributed by atoms with Crippen molar-refractivity contribution in [3.63, 3.8) is 0 Å². The molecule has 1 aliphatic carbocycles. The quantitative estimate of drug-likeness (QED) is 0.698. The molecule has 0 radical (unpaired) electrons. The predicted octanol–water partition coefficient (Wildman–Crippen LogP) is 4.33. The van der Waals surface area contributed by atoms with Gasteiger partial charge < -0.3 is 19.2 Å². The van der Waals surface area contributed by atoms with Gasteiger partial charge in [-0.3, -0.25) is 4.90 Å². The summed E-state index contributed by atoms with van der Waals surface area (Å²) in [4.78, 5) is 13.6. The van der Waals surface area contributed by atoms with E-state index in [-0.39, 0.29) is 12.1 Å². The van der Waals surface area contributed by atoms with E-state index in [0.717, 1.165) is 31.1 Å². The van der Waals surface area contributed by atoms with Gasteiger partial charge in [0, 0.05) is 5.54 Å². The highest BCUT2D eigenvalue weighted by molar-refractivity contribution is 6.62. The Morgan fingerprint density at radius 2 is 1.78 bits per heavy atom. The van der Waals surface area contributed by atoms with Gasteiger partial charge in [0.05, 0.1) is 22.8 Å². The Morgan fingerprint density at radius 1 is 1.19 bits per heavy atom. The van der Waals surface area contributed by atoms with E-state index in [1.165, 1.54) is 4.90 Å². The first kappa shape index (κ1) is 24.4. The molecule has 0 unspecified atom stereocenters. The van der Waals surface area contributed by atoms with Crippen molar-refractivity contribution in [3.05, 3.63) is 23.8 Å². The maximum absolute atomic E-state index is 12.1. The van der Waals surface area contributed by atoms with Crippen molar-refractivity contribution in [1.82, 2.24) is 4.90 Å². The van der Waals surface area contributed by atoms with Crippen molar-refractivity contribution in [3.8, 4) is 11.8 Å². The zero-order valence-electron chi connectivity index (χ0n) is 20.3. The number of amides is 1. The van der Waals surface area contributed by atoms with Crippen LogP contribution in [0, 0.1) is 11.3 Å². The third-order valence-electron chi connectivity index (χ3n) is 6.86.